The molecule has 0 radical (unpaired) electrons. The Hall–Kier alpha value is -2.18. The average molecular weight is 292 g/mol. The molecule has 1 aromatic heterocycles. The van der Waals surface area contributed by atoms with Crippen molar-refractivity contribution in [1.29, 1.82) is 0 Å². The smallest absolute Gasteiger partial charge is 0.372 e. The van der Waals surface area contributed by atoms with Crippen LogP contribution in [0, 0.1) is 10.1 Å². The van der Waals surface area contributed by atoms with Gasteiger partial charge in [0.25, 0.3) is 5.88 Å². The Balaban J connectivity index is 2.34. The summed E-state index contributed by atoms with van der Waals surface area (Å²) in [5, 5.41) is 14.2. The quantitative estimate of drug-likeness (QED) is 0.325. The molecule has 2 rings (SSSR count). The molecule has 7 heteroatoms. The van der Waals surface area contributed by atoms with E-state index in [1.54, 1.807) is 6.08 Å². The molecule has 0 bridgehead atoms. The van der Waals surface area contributed by atoms with Gasteiger partial charge in [0.15, 0.2) is 0 Å². The van der Waals surface area contributed by atoms with Gasteiger partial charge in [0.05, 0.1) is 11.5 Å². The van der Waals surface area contributed by atoms with E-state index in [1.165, 1.54) is 0 Å². The molecule has 1 heterocycles. The minimum atomic E-state index is -0.497. The molecule has 0 saturated heterocycles. The maximum absolute atomic E-state index is 11.3. The van der Waals surface area contributed by atoms with E-state index in [0.717, 1.165) is 25.7 Å². The highest BCUT2D eigenvalue weighted by Crippen LogP contribution is 2.41. The Morgan fingerprint density at radius 2 is 2.29 bits per heavy atom. The van der Waals surface area contributed by atoms with Crippen LogP contribution >= 0.6 is 0 Å². The Labute approximate surface area is 123 Å². The Kier molecular flexibility index (Phi) is 5.08. The van der Waals surface area contributed by atoms with Crippen LogP contribution in [-0.4, -0.2) is 28.0 Å². The van der Waals surface area contributed by atoms with Gasteiger partial charge in [-0.15, -0.1) is 6.58 Å². The van der Waals surface area contributed by atoms with Gasteiger partial charge in [0, 0.05) is 12.5 Å². The largest absolute Gasteiger partial charge is 0.473 e. The second kappa shape index (κ2) is 7.01. The topological polar surface area (TPSA) is 90.2 Å². The fraction of sp³-hybridized carbons (Fsp3) is 0.571. The minimum absolute atomic E-state index is 0.0666. The van der Waals surface area contributed by atoms with Gasteiger partial charge in [-0.1, -0.05) is 19.4 Å². The monoisotopic (exact) mass is 292 g/mol. The van der Waals surface area contributed by atoms with Crippen LogP contribution in [0.5, 0.6) is 5.88 Å². The Morgan fingerprint density at radius 3 is 2.86 bits per heavy atom. The van der Waals surface area contributed by atoms with Crippen LogP contribution in [-0.2, 0) is 0 Å². The highest BCUT2D eigenvalue weighted by molar-refractivity contribution is 5.62. The van der Waals surface area contributed by atoms with E-state index in [1.807, 2.05) is 6.92 Å². The second-order valence-corrected chi connectivity index (χ2v) is 4.99. The highest BCUT2D eigenvalue weighted by Gasteiger charge is 2.32. The van der Waals surface area contributed by atoms with Gasteiger partial charge in [0.1, 0.15) is 5.82 Å². The molecule has 1 N–H and O–H groups in total. The number of hydrogen-bond acceptors (Lipinski definition) is 6. The first kappa shape index (κ1) is 15.2. The predicted octanol–water partition coefficient (Wildman–Crippen LogP) is 3.04. The van der Waals surface area contributed by atoms with E-state index in [4.69, 9.17) is 4.74 Å². The molecule has 0 aromatic carbocycles. The van der Waals surface area contributed by atoms with Crippen molar-refractivity contribution < 1.29 is 9.66 Å². The third-order valence-corrected chi connectivity index (χ3v) is 3.14. The summed E-state index contributed by atoms with van der Waals surface area (Å²) >= 11 is 0. The molecular formula is C14H20N4O3. The lowest BCUT2D eigenvalue weighted by atomic mass is 10.3. The maximum atomic E-state index is 11.3. The van der Waals surface area contributed by atoms with Crippen molar-refractivity contribution >= 4 is 11.5 Å². The molecule has 1 fully saturated rings. The fourth-order valence-electron chi connectivity index (χ4n) is 1.85. The van der Waals surface area contributed by atoms with E-state index in [0.29, 0.717) is 24.9 Å². The zero-order chi connectivity index (χ0) is 15.2. The lowest BCUT2D eigenvalue weighted by Crippen LogP contribution is -2.11. The second-order valence-electron chi connectivity index (χ2n) is 4.99. The zero-order valence-electron chi connectivity index (χ0n) is 12.2. The van der Waals surface area contributed by atoms with Gasteiger partial charge in [-0.05, 0) is 19.3 Å². The molecule has 7 nitrogen and oxygen atoms in total. The summed E-state index contributed by atoms with van der Waals surface area (Å²) in [5.74, 6) is 1.20. The van der Waals surface area contributed by atoms with Crippen molar-refractivity contribution in [3.63, 3.8) is 0 Å². The lowest BCUT2D eigenvalue weighted by Gasteiger charge is -2.10. The number of nitrogens with zero attached hydrogens (tertiary/aromatic N) is 3. The fourth-order valence-corrected chi connectivity index (χ4v) is 1.85. The zero-order valence-corrected chi connectivity index (χ0v) is 12.2. The Bertz CT molecular complexity index is 529. The van der Waals surface area contributed by atoms with Gasteiger partial charge >= 0.3 is 5.69 Å². The first-order valence-corrected chi connectivity index (χ1v) is 7.21. The van der Waals surface area contributed by atoms with Crippen molar-refractivity contribution in [3.8, 4) is 5.88 Å². The van der Waals surface area contributed by atoms with Gasteiger partial charge < -0.3 is 10.1 Å². The summed E-state index contributed by atoms with van der Waals surface area (Å²) in [6, 6.07) is 0. The summed E-state index contributed by atoms with van der Waals surface area (Å²) in [5.41, 5.74) is -0.197. The van der Waals surface area contributed by atoms with Crippen molar-refractivity contribution in [3.05, 3.63) is 28.6 Å². The van der Waals surface area contributed by atoms with Crippen molar-refractivity contribution in [2.24, 2.45) is 0 Å². The Morgan fingerprint density at radius 1 is 1.52 bits per heavy atom. The summed E-state index contributed by atoms with van der Waals surface area (Å²) in [7, 11) is 0. The molecule has 0 atom stereocenters. The van der Waals surface area contributed by atoms with E-state index < -0.39 is 4.92 Å². The van der Waals surface area contributed by atoms with Crippen molar-refractivity contribution in [2.45, 2.75) is 38.5 Å². The van der Waals surface area contributed by atoms with Crippen molar-refractivity contribution in [2.75, 3.05) is 18.5 Å². The number of nitro groups is 1. The summed E-state index contributed by atoms with van der Waals surface area (Å²) in [6.07, 6.45) is 5.45. The standard InChI is InChI=1S/C14H20N4O3/c1-3-5-9-21-14-11(18(19)20)13(15-8-4-2)16-12(17-14)10-6-7-10/h4,10H,2-3,5-9H2,1H3,(H,15,16,17). The molecule has 1 aliphatic rings. The summed E-state index contributed by atoms with van der Waals surface area (Å²) in [4.78, 5) is 19.4. The molecular weight excluding hydrogens is 272 g/mol. The molecule has 1 aromatic rings. The van der Waals surface area contributed by atoms with E-state index >= 15 is 0 Å². The van der Waals surface area contributed by atoms with Crippen LogP contribution in [0.2, 0.25) is 0 Å². The molecule has 114 valence electrons. The SMILES string of the molecule is C=CCNc1nc(C2CC2)nc(OCCCC)c1[N+](=O)[O-]. The minimum Gasteiger partial charge on any atom is -0.473 e. The molecule has 0 unspecified atom stereocenters. The van der Waals surface area contributed by atoms with Crippen LogP contribution in [0.15, 0.2) is 12.7 Å². The van der Waals surface area contributed by atoms with Gasteiger partial charge in [-0.25, -0.2) is 4.98 Å². The highest BCUT2D eigenvalue weighted by atomic mass is 16.6. The van der Waals surface area contributed by atoms with Gasteiger partial charge in [-0.2, -0.15) is 4.98 Å². The van der Waals surface area contributed by atoms with E-state index in [-0.39, 0.29) is 17.4 Å². The predicted molar refractivity (Wildman–Crippen MR) is 79.8 cm³/mol. The molecule has 0 amide bonds. The van der Waals surface area contributed by atoms with E-state index in [9.17, 15) is 10.1 Å². The van der Waals surface area contributed by atoms with Crippen molar-refractivity contribution in [1.82, 2.24) is 9.97 Å². The molecule has 21 heavy (non-hydrogen) atoms. The third-order valence-electron chi connectivity index (χ3n) is 3.14. The van der Waals surface area contributed by atoms with Gasteiger partial charge in [0.2, 0.25) is 5.82 Å². The molecule has 1 aliphatic carbocycles. The summed E-state index contributed by atoms with van der Waals surface area (Å²) < 4.78 is 5.52. The normalized spacial score (nSPS) is 13.8. The number of anilines is 1. The number of aromatic nitrogens is 2. The average Bonchev–Trinajstić information content (AvgIpc) is 3.29. The van der Waals surface area contributed by atoms with Crippen LogP contribution < -0.4 is 10.1 Å². The molecule has 0 spiro atoms. The lowest BCUT2D eigenvalue weighted by molar-refractivity contribution is -0.385. The van der Waals surface area contributed by atoms with Crippen LogP contribution in [0.4, 0.5) is 11.5 Å². The molecule has 0 aliphatic heterocycles. The number of ether oxygens (including phenoxy) is 1. The first-order chi connectivity index (χ1) is 10.2. The van der Waals surface area contributed by atoms with E-state index in [2.05, 4.69) is 21.9 Å². The maximum Gasteiger partial charge on any atom is 0.372 e. The number of nitrogens with one attached hydrogen (secondary N) is 1. The first-order valence-electron chi connectivity index (χ1n) is 7.21. The van der Waals surface area contributed by atoms with Gasteiger partial charge in [-0.3, -0.25) is 10.1 Å². The third kappa shape index (κ3) is 3.90. The van der Waals surface area contributed by atoms with Crippen LogP contribution in [0.1, 0.15) is 44.3 Å². The number of hydrogen-bond donors (Lipinski definition) is 1. The number of rotatable bonds is 9. The summed E-state index contributed by atoms with van der Waals surface area (Å²) in [6.45, 7) is 6.44. The van der Waals surface area contributed by atoms with Crippen LogP contribution in [0.25, 0.3) is 0 Å². The van der Waals surface area contributed by atoms with Crippen LogP contribution in [0.3, 0.4) is 0 Å². The molecule has 1 saturated carbocycles. The number of unbranched alkanes of at least 4 members (excludes halogenated alkanes) is 1.